The zero-order valence-corrected chi connectivity index (χ0v) is 12.1. The van der Waals surface area contributed by atoms with E-state index in [0.29, 0.717) is 0 Å². The van der Waals surface area contributed by atoms with Crippen LogP contribution in [0.1, 0.15) is 47.1 Å². The van der Waals surface area contributed by atoms with Crippen LogP contribution >= 0.6 is 11.3 Å². The summed E-state index contributed by atoms with van der Waals surface area (Å²) in [5.41, 5.74) is 2.97. The van der Waals surface area contributed by atoms with Crippen LogP contribution in [0.5, 0.6) is 0 Å². The second-order valence-corrected chi connectivity index (χ2v) is 6.67. The average molecular weight is 258 g/mol. The topological polar surface area (TPSA) is 17.1 Å². The van der Waals surface area contributed by atoms with Gasteiger partial charge in [0.2, 0.25) is 0 Å². The molecule has 0 amide bonds. The highest BCUT2D eigenvalue weighted by molar-refractivity contribution is 7.10. The van der Waals surface area contributed by atoms with E-state index in [0.717, 1.165) is 16.0 Å². The fourth-order valence-electron chi connectivity index (χ4n) is 1.90. The number of aryl methyl sites for hydroxylation is 1. The van der Waals surface area contributed by atoms with E-state index in [-0.39, 0.29) is 11.2 Å². The highest BCUT2D eigenvalue weighted by Crippen LogP contribution is 2.24. The zero-order chi connectivity index (χ0) is 13.3. The van der Waals surface area contributed by atoms with Crippen molar-refractivity contribution >= 4 is 17.1 Å². The summed E-state index contributed by atoms with van der Waals surface area (Å²) in [4.78, 5) is 13.4. The van der Waals surface area contributed by atoms with Gasteiger partial charge in [-0.25, -0.2) is 0 Å². The molecule has 0 atom stereocenters. The van der Waals surface area contributed by atoms with E-state index in [1.165, 1.54) is 5.56 Å². The molecule has 94 valence electrons. The summed E-state index contributed by atoms with van der Waals surface area (Å²) in [6.07, 6.45) is 0. The molecule has 0 N–H and O–H groups in total. The molecule has 0 saturated carbocycles. The van der Waals surface area contributed by atoms with Crippen LogP contribution in [0.4, 0.5) is 0 Å². The monoisotopic (exact) mass is 258 g/mol. The number of hydrogen-bond acceptors (Lipinski definition) is 2. The van der Waals surface area contributed by atoms with Crippen molar-refractivity contribution in [3.05, 3.63) is 57.3 Å². The summed E-state index contributed by atoms with van der Waals surface area (Å²) in [5.74, 6) is 0.120. The molecule has 0 aliphatic heterocycles. The van der Waals surface area contributed by atoms with Crippen LogP contribution in [0, 0.1) is 6.92 Å². The van der Waals surface area contributed by atoms with Gasteiger partial charge in [-0.15, -0.1) is 11.3 Å². The van der Waals surface area contributed by atoms with Crippen molar-refractivity contribution in [3.8, 4) is 0 Å². The van der Waals surface area contributed by atoms with Gasteiger partial charge in [0.25, 0.3) is 0 Å². The first-order valence-electron chi connectivity index (χ1n) is 6.09. The highest BCUT2D eigenvalue weighted by Gasteiger charge is 2.16. The largest absolute Gasteiger partial charge is 0.289 e. The van der Waals surface area contributed by atoms with E-state index in [1.807, 2.05) is 30.5 Å². The van der Waals surface area contributed by atoms with Gasteiger partial charge in [0.15, 0.2) is 5.78 Å². The molecule has 2 aromatic rings. The average Bonchev–Trinajstić information content (AvgIpc) is 2.73. The van der Waals surface area contributed by atoms with Crippen molar-refractivity contribution in [1.82, 2.24) is 0 Å². The number of carbonyl (C=O) groups excluding carboxylic acids is 1. The molecule has 0 unspecified atom stereocenters. The van der Waals surface area contributed by atoms with Gasteiger partial charge in [-0.05, 0) is 29.3 Å². The molecule has 1 aromatic heterocycles. The minimum absolute atomic E-state index is 0.120. The lowest BCUT2D eigenvalue weighted by molar-refractivity contribution is 0.103. The lowest BCUT2D eigenvalue weighted by Crippen LogP contribution is -2.11. The van der Waals surface area contributed by atoms with Crippen molar-refractivity contribution in [3.63, 3.8) is 0 Å². The molecule has 18 heavy (non-hydrogen) atoms. The number of thiophene rings is 1. The normalized spacial score (nSPS) is 11.6. The maximum absolute atomic E-state index is 12.3. The van der Waals surface area contributed by atoms with Crippen molar-refractivity contribution in [2.45, 2.75) is 33.1 Å². The van der Waals surface area contributed by atoms with Gasteiger partial charge >= 0.3 is 0 Å². The van der Waals surface area contributed by atoms with Gasteiger partial charge in [-0.3, -0.25) is 4.79 Å². The van der Waals surface area contributed by atoms with Crippen LogP contribution in [-0.2, 0) is 5.41 Å². The van der Waals surface area contributed by atoms with Crippen molar-refractivity contribution in [2.24, 2.45) is 0 Å². The van der Waals surface area contributed by atoms with Crippen molar-refractivity contribution in [1.29, 1.82) is 0 Å². The van der Waals surface area contributed by atoms with Crippen LogP contribution in [0.25, 0.3) is 0 Å². The smallest absolute Gasteiger partial charge is 0.194 e. The third kappa shape index (κ3) is 2.54. The molecule has 0 radical (unpaired) electrons. The standard InChI is InChI=1S/C16H18OS/c1-11-14(9-10-18-11)15(17)12-5-7-13(8-6-12)16(2,3)4/h5-10H,1-4H3. The molecule has 1 nitrogen and oxygen atoms in total. The molecule has 0 saturated heterocycles. The van der Waals surface area contributed by atoms with E-state index in [1.54, 1.807) is 11.3 Å². The Balaban J connectivity index is 2.31. The van der Waals surface area contributed by atoms with Gasteiger partial charge in [-0.1, -0.05) is 45.0 Å². The lowest BCUT2D eigenvalue weighted by atomic mass is 9.86. The van der Waals surface area contributed by atoms with E-state index < -0.39 is 0 Å². The fraction of sp³-hybridized carbons (Fsp3) is 0.312. The maximum atomic E-state index is 12.3. The van der Waals surface area contributed by atoms with E-state index in [4.69, 9.17) is 0 Å². The molecular weight excluding hydrogens is 240 g/mol. The molecule has 0 aliphatic rings. The van der Waals surface area contributed by atoms with Crippen LogP contribution < -0.4 is 0 Å². The quantitative estimate of drug-likeness (QED) is 0.720. The van der Waals surface area contributed by atoms with Crippen molar-refractivity contribution < 1.29 is 4.79 Å². The Morgan fingerprint density at radius 3 is 2.11 bits per heavy atom. The molecule has 2 heteroatoms. The minimum atomic E-state index is 0.120. The summed E-state index contributed by atoms with van der Waals surface area (Å²) in [6, 6.07) is 9.87. The summed E-state index contributed by atoms with van der Waals surface area (Å²) >= 11 is 1.61. The predicted molar refractivity (Wildman–Crippen MR) is 77.6 cm³/mol. The Hall–Kier alpha value is -1.41. The summed E-state index contributed by atoms with van der Waals surface area (Å²) < 4.78 is 0. The van der Waals surface area contributed by atoms with Gasteiger partial charge in [0, 0.05) is 16.0 Å². The maximum Gasteiger partial charge on any atom is 0.194 e. The summed E-state index contributed by atoms with van der Waals surface area (Å²) in [7, 11) is 0. The Morgan fingerprint density at radius 2 is 1.67 bits per heavy atom. The van der Waals surface area contributed by atoms with Gasteiger partial charge in [0.1, 0.15) is 0 Å². The molecule has 0 bridgehead atoms. The molecular formula is C16H18OS. The second kappa shape index (κ2) is 4.69. The summed E-state index contributed by atoms with van der Waals surface area (Å²) in [5, 5.41) is 1.96. The zero-order valence-electron chi connectivity index (χ0n) is 11.3. The van der Waals surface area contributed by atoms with E-state index in [2.05, 4.69) is 32.9 Å². The van der Waals surface area contributed by atoms with Crippen LogP contribution in [0.2, 0.25) is 0 Å². The number of hydrogen-bond donors (Lipinski definition) is 0. The lowest BCUT2D eigenvalue weighted by Gasteiger charge is -2.18. The Labute approximate surface area is 112 Å². The third-order valence-corrected chi connectivity index (χ3v) is 3.96. The summed E-state index contributed by atoms with van der Waals surface area (Å²) in [6.45, 7) is 8.51. The Bertz CT molecular complexity index is 556. The van der Waals surface area contributed by atoms with Crippen molar-refractivity contribution in [2.75, 3.05) is 0 Å². The first kappa shape index (κ1) is 13.0. The van der Waals surface area contributed by atoms with Crippen LogP contribution in [-0.4, -0.2) is 5.78 Å². The number of benzene rings is 1. The van der Waals surface area contributed by atoms with Gasteiger partial charge in [0.05, 0.1) is 0 Å². The number of rotatable bonds is 2. The Morgan fingerprint density at radius 1 is 1.06 bits per heavy atom. The third-order valence-electron chi connectivity index (χ3n) is 3.12. The van der Waals surface area contributed by atoms with Gasteiger partial charge in [-0.2, -0.15) is 0 Å². The molecule has 0 spiro atoms. The SMILES string of the molecule is Cc1sccc1C(=O)c1ccc(C(C)(C)C)cc1. The fourth-order valence-corrected chi connectivity index (χ4v) is 2.59. The first-order chi connectivity index (χ1) is 8.39. The number of carbonyl (C=O) groups is 1. The molecule has 0 fully saturated rings. The number of ketones is 1. The predicted octanol–water partition coefficient (Wildman–Crippen LogP) is 4.59. The van der Waals surface area contributed by atoms with Crippen LogP contribution in [0.15, 0.2) is 35.7 Å². The molecule has 1 heterocycles. The van der Waals surface area contributed by atoms with E-state index in [9.17, 15) is 4.79 Å². The molecule has 1 aromatic carbocycles. The molecule has 0 aliphatic carbocycles. The minimum Gasteiger partial charge on any atom is -0.289 e. The molecule has 2 rings (SSSR count). The van der Waals surface area contributed by atoms with Gasteiger partial charge < -0.3 is 0 Å². The van der Waals surface area contributed by atoms with E-state index >= 15 is 0 Å². The van der Waals surface area contributed by atoms with Crippen LogP contribution in [0.3, 0.4) is 0 Å². The Kier molecular flexibility index (Phi) is 3.40. The second-order valence-electron chi connectivity index (χ2n) is 5.55. The highest BCUT2D eigenvalue weighted by atomic mass is 32.1. The first-order valence-corrected chi connectivity index (χ1v) is 6.97.